The van der Waals surface area contributed by atoms with Crippen LogP contribution < -0.4 is 5.73 Å². The summed E-state index contributed by atoms with van der Waals surface area (Å²) in [7, 11) is 0. The van der Waals surface area contributed by atoms with Crippen LogP contribution >= 0.6 is 11.6 Å². The molecule has 1 aromatic heterocycles. The summed E-state index contributed by atoms with van der Waals surface area (Å²) in [6, 6.07) is 8.01. The molecule has 1 unspecified atom stereocenters. The summed E-state index contributed by atoms with van der Waals surface area (Å²) >= 11 is 6.28. The first kappa shape index (κ1) is 12.6. The average Bonchev–Trinajstić information content (AvgIpc) is 2.89. The Morgan fingerprint density at radius 3 is 2.95 bits per heavy atom. The number of aromatic nitrogens is 3. The lowest BCUT2D eigenvalue weighted by Crippen LogP contribution is -2.39. The first-order valence-electron chi connectivity index (χ1n) is 6.35. The molecule has 0 aliphatic carbocycles. The van der Waals surface area contributed by atoms with Crippen LogP contribution in [-0.4, -0.2) is 32.8 Å². The van der Waals surface area contributed by atoms with Crippen molar-refractivity contribution in [2.75, 3.05) is 13.1 Å². The van der Waals surface area contributed by atoms with Gasteiger partial charge in [0.05, 0.1) is 6.54 Å². The molecule has 100 valence electrons. The van der Waals surface area contributed by atoms with Crippen molar-refractivity contribution in [3.8, 4) is 0 Å². The molecule has 1 aromatic carbocycles. The van der Waals surface area contributed by atoms with Gasteiger partial charge < -0.3 is 10.3 Å². The summed E-state index contributed by atoms with van der Waals surface area (Å²) in [6.07, 6.45) is 1.78. The number of halogens is 1. The Morgan fingerprint density at radius 2 is 2.16 bits per heavy atom. The SMILES string of the molecule is NCC(c1ccccc1Cl)N1CCn2cnnc2C1. The Labute approximate surface area is 117 Å². The predicted octanol–water partition coefficient (Wildman–Crippen LogP) is 1.45. The van der Waals surface area contributed by atoms with Gasteiger partial charge in [-0.25, -0.2) is 0 Å². The summed E-state index contributed by atoms with van der Waals surface area (Å²) in [5.74, 6) is 0.983. The number of nitrogens with two attached hydrogens (primary N) is 1. The van der Waals surface area contributed by atoms with E-state index < -0.39 is 0 Å². The first-order valence-corrected chi connectivity index (χ1v) is 6.72. The highest BCUT2D eigenvalue weighted by Gasteiger charge is 2.25. The second kappa shape index (κ2) is 5.28. The molecular formula is C13H16ClN5. The van der Waals surface area contributed by atoms with Gasteiger partial charge in [0, 0.05) is 30.7 Å². The van der Waals surface area contributed by atoms with Crippen molar-refractivity contribution < 1.29 is 0 Å². The van der Waals surface area contributed by atoms with Crippen LogP contribution in [0.1, 0.15) is 17.4 Å². The van der Waals surface area contributed by atoms with Crippen LogP contribution in [0, 0.1) is 0 Å². The number of fused-ring (bicyclic) bond motifs is 1. The highest BCUT2D eigenvalue weighted by molar-refractivity contribution is 6.31. The predicted molar refractivity (Wildman–Crippen MR) is 73.7 cm³/mol. The highest BCUT2D eigenvalue weighted by Crippen LogP contribution is 2.28. The minimum atomic E-state index is 0.124. The van der Waals surface area contributed by atoms with E-state index in [9.17, 15) is 0 Å². The van der Waals surface area contributed by atoms with E-state index in [0.29, 0.717) is 6.54 Å². The van der Waals surface area contributed by atoms with Crippen molar-refractivity contribution in [3.63, 3.8) is 0 Å². The van der Waals surface area contributed by atoms with Crippen molar-refractivity contribution in [3.05, 3.63) is 47.0 Å². The van der Waals surface area contributed by atoms with Gasteiger partial charge in [0.2, 0.25) is 0 Å². The summed E-state index contributed by atoms with van der Waals surface area (Å²) in [5.41, 5.74) is 7.04. The summed E-state index contributed by atoms with van der Waals surface area (Å²) in [5, 5.41) is 8.85. The van der Waals surface area contributed by atoms with Gasteiger partial charge in [-0.3, -0.25) is 4.90 Å². The maximum absolute atomic E-state index is 6.28. The van der Waals surface area contributed by atoms with E-state index in [1.165, 1.54) is 0 Å². The third-order valence-corrected chi connectivity index (χ3v) is 3.94. The van der Waals surface area contributed by atoms with Gasteiger partial charge >= 0.3 is 0 Å². The zero-order valence-corrected chi connectivity index (χ0v) is 11.3. The number of benzene rings is 1. The van der Waals surface area contributed by atoms with Crippen LogP contribution in [0.2, 0.25) is 5.02 Å². The lowest BCUT2D eigenvalue weighted by atomic mass is 10.0. The second-order valence-electron chi connectivity index (χ2n) is 4.68. The van der Waals surface area contributed by atoms with E-state index in [-0.39, 0.29) is 6.04 Å². The smallest absolute Gasteiger partial charge is 0.147 e. The maximum atomic E-state index is 6.28. The van der Waals surface area contributed by atoms with E-state index >= 15 is 0 Å². The van der Waals surface area contributed by atoms with Gasteiger partial charge in [-0.1, -0.05) is 29.8 Å². The standard InChI is InChI=1S/C13H16ClN5/c14-11-4-2-1-3-10(11)12(7-15)18-5-6-19-9-16-17-13(19)8-18/h1-4,9,12H,5-8,15H2. The van der Waals surface area contributed by atoms with E-state index in [1.807, 2.05) is 24.3 Å². The van der Waals surface area contributed by atoms with Crippen LogP contribution in [-0.2, 0) is 13.1 Å². The average molecular weight is 278 g/mol. The van der Waals surface area contributed by atoms with Gasteiger partial charge in [0.25, 0.3) is 0 Å². The van der Waals surface area contributed by atoms with Gasteiger partial charge in [-0.05, 0) is 11.6 Å². The van der Waals surface area contributed by atoms with E-state index in [4.69, 9.17) is 17.3 Å². The third kappa shape index (κ3) is 2.36. The summed E-state index contributed by atoms with van der Waals surface area (Å²) in [4.78, 5) is 2.31. The fourth-order valence-electron chi connectivity index (χ4n) is 2.57. The second-order valence-corrected chi connectivity index (χ2v) is 5.09. The molecule has 19 heavy (non-hydrogen) atoms. The molecule has 2 aromatic rings. The fourth-order valence-corrected chi connectivity index (χ4v) is 2.83. The van der Waals surface area contributed by atoms with Gasteiger partial charge in [-0.2, -0.15) is 0 Å². The lowest BCUT2D eigenvalue weighted by molar-refractivity contribution is 0.156. The molecule has 1 aliphatic heterocycles. The van der Waals surface area contributed by atoms with Crippen molar-refractivity contribution in [2.45, 2.75) is 19.1 Å². The topological polar surface area (TPSA) is 60.0 Å². The quantitative estimate of drug-likeness (QED) is 0.922. The zero-order valence-electron chi connectivity index (χ0n) is 10.5. The molecule has 6 heteroatoms. The maximum Gasteiger partial charge on any atom is 0.147 e. The van der Waals surface area contributed by atoms with E-state index in [0.717, 1.165) is 36.0 Å². The van der Waals surface area contributed by atoms with Crippen LogP contribution in [0.15, 0.2) is 30.6 Å². The van der Waals surface area contributed by atoms with Crippen molar-refractivity contribution >= 4 is 11.6 Å². The Kier molecular flexibility index (Phi) is 3.50. The number of nitrogens with zero attached hydrogens (tertiary/aromatic N) is 4. The molecule has 1 aliphatic rings. The Morgan fingerprint density at radius 1 is 1.32 bits per heavy atom. The monoisotopic (exact) mass is 277 g/mol. The van der Waals surface area contributed by atoms with E-state index in [2.05, 4.69) is 19.7 Å². The van der Waals surface area contributed by atoms with E-state index in [1.54, 1.807) is 6.33 Å². The Balaban J connectivity index is 1.86. The Bertz CT molecular complexity index is 568. The zero-order chi connectivity index (χ0) is 13.2. The molecule has 3 rings (SSSR count). The number of hydrogen-bond acceptors (Lipinski definition) is 4. The van der Waals surface area contributed by atoms with Crippen LogP contribution in [0.5, 0.6) is 0 Å². The molecule has 0 fully saturated rings. The molecule has 2 heterocycles. The largest absolute Gasteiger partial charge is 0.329 e. The molecule has 0 amide bonds. The van der Waals surface area contributed by atoms with Crippen molar-refractivity contribution in [1.82, 2.24) is 19.7 Å². The first-order chi connectivity index (χ1) is 9.29. The normalized spacial score (nSPS) is 17.2. The molecule has 0 saturated heterocycles. The summed E-state index contributed by atoms with van der Waals surface area (Å²) in [6.45, 7) is 3.12. The minimum absolute atomic E-state index is 0.124. The van der Waals surface area contributed by atoms with Gasteiger partial charge in [-0.15, -0.1) is 10.2 Å². The molecule has 0 radical (unpaired) electrons. The van der Waals surface area contributed by atoms with Crippen LogP contribution in [0.4, 0.5) is 0 Å². The van der Waals surface area contributed by atoms with Crippen molar-refractivity contribution in [2.24, 2.45) is 5.73 Å². The van der Waals surface area contributed by atoms with Crippen LogP contribution in [0.3, 0.4) is 0 Å². The Hall–Kier alpha value is -1.43. The summed E-state index contributed by atoms with van der Waals surface area (Å²) < 4.78 is 2.08. The molecule has 1 atom stereocenters. The van der Waals surface area contributed by atoms with Crippen LogP contribution in [0.25, 0.3) is 0 Å². The highest BCUT2D eigenvalue weighted by atomic mass is 35.5. The van der Waals surface area contributed by atoms with Gasteiger partial charge in [0.15, 0.2) is 0 Å². The number of rotatable bonds is 3. The lowest BCUT2D eigenvalue weighted by Gasteiger charge is -2.34. The third-order valence-electron chi connectivity index (χ3n) is 3.60. The van der Waals surface area contributed by atoms with Crippen molar-refractivity contribution in [1.29, 1.82) is 0 Å². The molecular weight excluding hydrogens is 262 g/mol. The number of hydrogen-bond donors (Lipinski definition) is 1. The molecule has 0 spiro atoms. The minimum Gasteiger partial charge on any atom is -0.329 e. The van der Waals surface area contributed by atoms with Gasteiger partial charge in [0.1, 0.15) is 12.2 Å². The fraction of sp³-hybridized carbons (Fsp3) is 0.385. The molecule has 0 saturated carbocycles. The molecule has 2 N–H and O–H groups in total. The molecule has 5 nitrogen and oxygen atoms in total. The molecule has 0 bridgehead atoms.